The molecule has 1 aliphatic heterocycles. The molecule has 0 saturated carbocycles. The van der Waals surface area contributed by atoms with Crippen molar-refractivity contribution in [3.63, 3.8) is 0 Å². The molecule has 1 aliphatic rings. The summed E-state index contributed by atoms with van der Waals surface area (Å²) in [6.45, 7) is 18.4. The van der Waals surface area contributed by atoms with Crippen molar-refractivity contribution in [3.8, 4) is 0 Å². The molecule has 0 bridgehead atoms. The van der Waals surface area contributed by atoms with E-state index in [1.807, 2.05) is 41.5 Å². The molecule has 0 aromatic heterocycles. The fraction of sp³-hybridized carbons (Fsp3) is 0.895. The highest BCUT2D eigenvalue weighted by molar-refractivity contribution is 5.76. The number of amides is 1. The number of nitrogens with zero attached hydrogens (tertiary/aromatic N) is 1. The van der Waals surface area contributed by atoms with E-state index in [9.17, 15) is 9.59 Å². The summed E-state index contributed by atoms with van der Waals surface area (Å²) >= 11 is 0. The molecule has 0 aromatic rings. The normalized spacial score (nSPS) is 22.5. The van der Waals surface area contributed by atoms with Gasteiger partial charge in [0.25, 0.3) is 0 Å². The van der Waals surface area contributed by atoms with Crippen LogP contribution in [0, 0.1) is 10.8 Å². The predicted molar refractivity (Wildman–Crippen MR) is 94.8 cm³/mol. The van der Waals surface area contributed by atoms with Gasteiger partial charge in [-0.2, -0.15) is 0 Å². The summed E-state index contributed by atoms with van der Waals surface area (Å²) in [7, 11) is 0. The third-order valence-electron chi connectivity index (χ3n) is 4.97. The summed E-state index contributed by atoms with van der Waals surface area (Å²) in [6, 6.07) is 0. The first-order chi connectivity index (χ1) is 10.6. The molecular weight excluding hydrogens is 306 g/mol. The number of likely N-dealkylation sites (tertiary alicyclic amines) is 1. The molecule has 1 rings (SSSR count). The van der Waals surface area contributed by atoms with E-state index in [4.69, 9.17) is 9.47 Å². The largest absolute Gasteiger partial charge is 0.456 e. The van der Waals surface area contributed by atoms with Gasteiger partial charge in [0, 0.05) is 18.4 Å². The maximum Gasteiger partial charge on any atom is 0.410 e. The molecule has 5 nitrogen and oxygen atoms in total. The van der Waals surface area contributed by atoms with Crippen molar-refractivity contribution >= 4 is 12.1 Å². The van der Waals surface area contributed by atoms with E-state index in [-0.39, 0.29) is 17.5 Å². The van der Waals surface area contributed by atoms with E-state index < -0.39 is 16.6 Å². The van der Waals surface area contributed by atoms with Crippen molar-refractivity contribution in [1.29, 1.82) is 0 Å². The van der Waals surface area contributed by atoms with E-state index in [1.165, 1.54) is 0 Å². The summed E-state index contributed by atoms with van der Waals surface area (Å²) in [6.07, 6.45) is 0.989. The monoisotopic (exact) mass is 341 g/mol. The van der Waals surface area contributed by atoms with Crippen LogP contribution in [0.2, 0.25) is 0 Å². The zero-order chi connectivity index (χ0) is 19.0. The molecule has 5 heteroatoms. The third-order valence-corrected chi connectivity index (χ3v) is 4.97. The molecule has 0 spiro atoms. The molecule has 140 valence electrons. The number of hydrogen-bond donors (Lipinski definition) is 0. The average Bonchev–Trinajstić information content (AvgIpc) is 2.82. The molecule has 1 unspecified atom stereocenters. The fourth-order valence-corrected chi connectivity index (χ4v) is 2.57. The lowest BCUT2D eigenvalue weighted by Crippen LogP contribution is -2.51. The quantitative estimate of drug-likeness (QED) is 0.714. The summed E-state index contributed by atoms with van der Waals surface area (Å²) in [4.78, 5) is 26.7. The van der Waals surface area contributed by atoms with Crippen molar-refractivity contribution in [1.82, 2.24) is 4.90 Å². The second-order valence-corrected chi connectivity index (χ2v) is 9.52. The highest BCUT2D eigenvalue weighted by Gasteiger charge is 2.53. The lowest BCUT2D eigenvalue weighted by Gasteiger charge is -2.42. The second-order valence-electron chi connectivity index (χ2n) is 9.52. The van der Waals surface area contributed by atoms with Gasteiger partial charge in [-0.25, -0.2) is 4.79 Å². The van der Waals surface area contributed by atoms with Crippen LogP contribution in [0.4, 0.5) is 4.79 Å². The van der Waals surface area contributed by atoms with E-state index in [1.54, 1.807) is 4.90 Å². The first-order valence-electron chi connectivity index (χ1n) is 8.85. The zero-order valence-corrected chi connectivity index (χ0v) is 16.9. The number of carbonyl (C=O) groups is 2. The molecule has 1 amide bonds. The van der Waals surface area contributed by atoms with Gasteiger partial charge >= 0.3 is 12.1 Å². The van der Waals surface area contributed by atoms with Crippen LogP contribution >= 0.6 is 0 Å². The van der Waals surface area contributed by atoms with Gasteiger partial charge in [-0.1, -0.05) is 27.7 Å². The standard InChI is InChI=1S/C19H35NO4/c1-10-18(8,9)14(21)23-19(16(2,3)4)11-12-20(13-19)15(22)24-17(5,6)7/h10-13H2,1-9H3. The van der Waals surface area contributed by atoms with E-state index >= 15 is 0 Å². The van der Waals surface area contributed by atoms with E-state index in [2.05, 4.69) is 20.8 Å². The summed E-state index contributed by atoms with van der Waals surface area (Å²) in [5.74, 6) is -0.203. The Morgan fingerprint density at radius 2 is 1.58 bits per heavy atom. The van der Waals surface area contributed by atoms with Crippen molar-refractivity contribution in [3.05, 3.63) is 0 Å². The highest BCUT2D eigenvalue weighted by Crippen LogP contribution is 2.43. The van der Waals surface area contributed by atoms with Crippen molar-refractivity contribution in [2.45, 2.75) is 86.4 Å². The fourth-order valence-electron chi connectivity index (χ4n) is 2.57. The summed E-state index contributed by atoms with van der Waals surface area (Å²) in [5, 5.41) is 0. The van der Waals surface area contributed by atoms with Crippen LogP contribution in [-0.4, -0.2) is 41.3 Å². The number of rotatable bonds is 3. The zero-order valence-electron chi connectivity index (χ0n) is 16.9. The Morgan fingerprint density at radius 3 is 2.00 bits per heavy atom. The van der Waals surface area contributed by atoms with Crippen LogP contribution < -0.4 is 0 Å². The van der Waals surface area contributed by atoms with Crippen LogP contribution in [0.3, 0.4) is 0 Å². The lowest BCUT2D eigenvalue weighted by atomic mass is 9.75. The van der Waals surface area contributed by atoms with E-state index in [0.717, 1.165) is 0 Å². The van der Waals surface area contributed by atoms with Gasteiger partial charge in [0.05, 0.1) is 12.0 Å². The summed E-state index contributed by atoms with van der Waals surface area (Å²) in [5.41, 5.74) is -2.03. The Kier molecular flexibility index (Phi) is 5.69. The molecular formula is C19H35NO4. The number of carbonyl (C=O) groups excluding carboxylic acids is 2. The van der Waals surface area contributed by atoms with E-state index in [0.29, 0.717) is 25.9 Å². The average molecular weight is 341 g/mol. The van der Waals surface area contributed by atoms with Crippen LogP contribution in [0.15, 0.2) is 0 Å². The molecule has 0 N–H and O–H groups in total. The summed E-state index contributed by atoms with van der Waals surface area (Å²) < 4.78 is 11.5. The molecule has 1 heterocycles. The van der Waals surface area contributed by atoms with Gasteiger partial charge in [0.15, 0.2) is 0 Å². The van der Waals surface area contributed by atoms with Gasteiger partial charge in [-0.15, -0.1) is 0 Å². The molecule has 1 saturated heterocycles. The minimum atomic E-state index is -0.687. The molecule has 24 heavy (non-hydrogen) atoms. The van der Waals surface area contributed by atoms with Crippen molar-refractivity contribution in [2.75, 3.05) is 13.1 Å². The van der Waals surface area contributed by atoms with Crippen molar-refractivity contribution < 1.29 is 19.1 Å². The molecule has 1 atom stereocenters. The SMILES string of the molecule is CCC(C)(C)C(=O)OC1(C(C)(C)C)CCN(C(=O)OC(C)(C)C)C1. The van der Waals surface area contributed by atoms with Gasteiger partial charge in [-0.05, 0) is 41.0 Å². The third kappa shape index (κ3) is 4.64. The number of hydrogen-bond acceptors (Lipinski definition) is 4. The Hall–Kier alpha value is -1.26. The Labute approximate surface area is 147 Å². The minimum Gasteiger partial charge on any atom is -0.456 e. The topological polar surface area (TPSA) is 55.8 Å². The van der Waals surface area contributed by atoms with Gasteiger partial charge in [-0.3, -0.25) is 4.79 Å². The Morgan fingerprint density at radius 1 is 1.04 bits per heavy atom. The maximum absolute atomic E-state index is 12.7. The highest BCUT2D eigenvalue weighted by atomic mass is 16.6. The van der Waals surface area contributed by atoms with Crippen LogP contribution in [0.25, 0.3) is 0 Å². The molecule has 0 aromatic carbocycles. The Bertz CT molecular complexity index is 485. The predicted octanol–water partition coefficient (Wildman–Crippen LogP) is 4.39. The molecule has 1 fully saturated rings. The second kappa shape index (κ2) is 6.57. The molecule has 0 aliphatic carbocycles. The number of esters is 1. The van der Waals surface area contributed by atoms with Crippen LogP contribution in [0.1, 0.15) is 75.2 Å². The maximum atomic E-state index is 12.7. The van der Waals surface area contributed by atoms with Crippen LogP contribution in [-0.2, 0) is 14.3 Å². The van der Waals surface area contributed by atoms with Gasteiger partial charge in [0.1, 0.15) is 11.2 Å². The molecule has 0 radical (unpaired) electrons. The number of ether oxygens (including phenoxy) is 2. The first-order valence-corrected chi connectivity index (χ1v) is 8.85. The van der Waals surface area contributed by atoms with Gasteiger partial charge in [0.2, 0.25) is 0 Å². The van der Waals surface area contributed by atoms with Crippen LogP contribution in [0.5, 0.6) is 0 Å². The smallest absolute Gasteiger partial charge is 0.410 e. The van der Waals surface area contributed by atoms with Crippen molar-refractivity contribution in [2.24, 2.45) is 10.8 Å². The Balaban J connectivity index is 2.98. The lowest BCUT2D eigenvalue weighted by molar-refractivity contribution is -0.181. The van der Waals surface area contributed by atoms with Gasteiger partial charge < -0.3 is 14.4 Å². The minimum absolute atomic E-state index is 0.203. The first kappa shape index (κ1) is 20.8.